The molecule has 126 valence electrons. The monoisotopic (exact) mass is 336 g/mol. The Morgan fingerprint density at radius 3 is 2.00 bits per heavy atom. The highest BCUT2D eigenvalue weighted by molar-refractivity contribution is 6.50. The summed E-state index contributed by atoms with van der Waals surface area (Å²) < 4.78 is 43.4. The lowest BCUT2D eigenvalue weighted by molar-refractivity contribution is -0.647. The first-order chi connectivity index (χ1) is 11.3. The molecule has 1 aromatic heterocycles. The molecule has 0 fully saturated rings. The molecule has 0 saturated heterocycles. The summed E-state index contributed by atoms with van der Waals surface area (Å²) in [6.07, 6.45) is 4.31. The van der Waals surface area contributed by atoms with Crippen molar-refractivity contribution in [3.05, 3.63) is 66.0 Å². The van der Waals surface area contributed by atoms with Gasteiger partial charge in [-0.2, -0.15) is 0 Å². The maximum atomic E-state index is 9.75. The topological polar surface area (TPSA) is 8.81 Å². The molecule has 0 saturated carbocycles. The average Bonchev–Trinajstić information content (AvgIpc) is 2.77. The van der Waals surface area contributed by atoms with Gasteiger partial charge in [-0.05, 0) is 23.8 Å². The SMILES string of the molecule is Cn1c(/C=C/c2ccccc2)[n+](C)c2ccccc21.F[B-](F)(F)F. The number of nitrogens with zero attached hydrogens (tertiary/aromatic N) is 2. The van der Waals surface area contributed by atoms with Crippen molar-refractivity contribution in [3.63, 3.8) is 0 Å². The van der Waals surface area contributed by atoms with Gasteiger partial charge in [0.25, 0.3) is 5.82 Å². The molecule has 1 heterocycles. The number of aromatic nitrogens is 2. The van der Waals surface area contributed by atoms with Gasteiger partial charge in [0.05, 0.1) is 14.1 Å². The lowest BCUT2D eigenvalue weighted by Crippen LogP contribution is -2.30. The van der Waals surface area contributed by atoms with Crippen LogP contribution in [0.15, 0.2) is 54.6 Å². The van der Waals surface area contributed by atoms with Gasteiger partial charge in [0.1, 0.15) is 0 Å². The highest BCUT2D eigenvalue weighted by Gasteiger charge is 2.20. The number of hydrogen-bond donors (Lipinski definition) is 0. The number of imidazole rings is 1. The van der Waals surface area contributed by atoms with Gasteiger partial charge in [-0.3, -0.25) is 0 Å². The molecule has 0 N–H and O–H groups in total. The first-order valence-corrected chi connectivity index (χ1v) is 7.31. The minimum absolute atomic E-state index is 1.19. The van der Waals surface area contributed by atoms with Crippen molar-refractivity contribution >= 4 is 30.4 Å². The molecule has 3 aromatic rings. The normalized spacial score (nSPS) is 11.6. The molecule has 3 rings (SSSR count). The summed E-state index contributed by atoms with van der Waals surface area (Å²) in [6, 6.07) is 18.8. The number of para-hydroxylation sites is 2. The summed E-state index contributed by atoms with van der Waals surface area (Å²) in [7, 11) is -1.79. The van der Waals surface area contributed by atoms with E-state index in [1.165, 1.54) is 22.4 Å². The third-order valence-electron chi connectivity index (χ3n) is 3.52. The van der Waals surface area contributed by atoms with Gasteiger partial charge in [0.15, 0.2) is 11.0 Å². The van der Waals surface area contributed by atoms with Gasteiger partial charge in [-0.25, -0.2) is 9.13 Å². The van der Waals surface area contributed by atoms with Crippen LogP contribution in [0, 0.1) is 0 Å². The van der Waals surface area contributed by atoms with Gasteiger partial charge in [-0.1, -0.05) is 42.5 Å². The third-order valence-corrected chi connectivity index (χ3v) is 3.52. The second-order valence-electron chi connectivity index (χ2n) is 5.20. The van der Waals surface area contributed by atoms with E-state index in [1.54, 1.807) is 0 Å². The van der Waals surface area contributed by atoms with Crippen LogP contribution in [0.1, 0.15) is 11.4 Å². The van der Waals surface area contributed by atoms with Crippen molar-refractivity contribution in [1.82, 2.24) is 4.57 Å². The summed E-state index contributed by atoms with van der Waals surface area (Å²) in [5, 5.41) is 0. The summed E-state index contributed by atoms with van der Waals surface area (Å²) >= 11 is 0. The zero-order valence-corrected chi connectivity index (χ0v) is 13.3. The van der Waals surface area contributed by atoms with Crippen LogP contribution in [-0.4, -0.2) is 11.8 Å². The number of rotatable bonds is 2. The summed E-state index contributed by atoms with van der Waals surface area (Å²) in [4.78, 5) is 0. The van der Waals surface area contributed by atoms with E-state index in [9.17, 15) is 17.3 Å². The standard InChI is InChI=1S/C17H17N2.BF4/c1-18-15-10-6-7-11-16(15)19(2)17(18)13-12-14-8-4-3-5-9-14;2-1(3,4)5/h3-13H,1-2H3;/q+1;-1/b13-12+;. The molecule has 24 heavy (non-hydrogen) atoms. The van der Waals surface area contributed by atoms with Gasteiger partial charge in [0, 0.05) is 6.08 Å². The molecule has 0 bridgehead atoms. The first-order valence-electron chi connectivity index (χ1n) is 7.31. The van der Waals surface area contributed by atoms with Crippen molar-refractivity contribution in [2.45, 2.75) is 0 Å². The van der Waals surface area contributed by atoms with Crippen LogP contribution in [0.3, 0.4) is 0 Å². The first kappa shape index (κ1) is 17.8. The van der Waals surface area contributed by atoms with Gasteiger partial charge in [0.2, 0.25) is 0 Å². The number of benzene rings is 2. The quantitative estimate of drug-likeness (QED) is 0.371. The second kappa shape index (κ2) is 7.34. The van der Waals surface area contributed by atoms with E-state index in [4.69, 9.17) is 0 Å². The molecule has 0 unspecified atom stereocenters. The second-order valence-corrected chi connectivity index (χ2v) is 5.20. The van der Waals surface area contributed by atoms with Gasteiger partial charge in [-0.15, -0.1) is 0 Å². The van der Waals surface area contributed by atoms with E-state index in [-0.39, 0.29) is 0 Å². The fourth-order valence-corrected chi connectivity index (χ4v) is 2.46. The fourth-order valence-electron chi connectivity index (χ4n) is 2.46. The lowest BCUT2D eigenvalue weighted by atomic mass is 10.2. The minimum atomic E-state index is -6.00. The van der Waals surface area contributed by atoms with E-state index >= 15 is 0 Å². The van der Waals surface area contributed by atoms with E-state index in [0.717, 1.165) is 0 Å². The lowest BCUT2D eigenvalue weighted by Gasteiger charge is -1.94. The molecule has 0 aliphatic carbocycles. The Morgan fingerprint density at radius 2 is 1.42 bits per heavy atom. The van der Waals surface area contributed by atoms with Gasteiger partial charge < -0.3 is 17.3 Å². The van der Waals surface area contributed by atoms with E-state index in [2.05, 4.69) is 83.9 Å². The molecule has 0 aliphatic heterocycles. The molecule has 2 aromatic carbocycles. The molecule has 2 nitrogen and oxygen atoms in total. The van der Waals surface area contributed by atoms with Crippen molar-refractivity contribution in [1.29, 1.82) is 0 Å². The van der Waals surface area contributed by atoms with E-state index in [1.807, 2.05) is 6.07 Å². The highest BCUT2D eigenvalue weighted by Crippen LogP contribution is 2.14. The maximum Gasteiger partial charge on any atom is 0.673 e. The van der Waals surface area contributed by atoms with Crippen molar-refractivity contribution in [3.8, 4) is 0 Å². The van der Waals surface area contributed by atoms with Crippen molar-refractivity contribution in [2.75, 3.05) is 0 Å². The molecule has 0 aliphatic rings. The minimum Gasteiger partial charge on any atom is -0.418 e. The average molecular weight is 336 g/mol. The molecule has 0 atom stereocenters. The van der Waals surface area contributed by atoms with Crippen molar-refractivity contribution < 1.29 is 21.8 Å². The molecular formula is C17H17BF4N2. The van der Waals surface area contributed by atoms with Crippen molar-refractivity contribution in [2.24, 2.45) is 14.1 Å². The van der Waals surface area contributed by atoms with Crippen LogP contribution >= 0.6 is 0 Å². The Kier molecular flexibility index (Phi) is 5.44. The number of aryl methyl sites for hydroxylation is 2. The highest BCUT2D eigenvalue weighted by atomic mass is 19.5. The molecule has 7 heteroatoms. The zero-order valence-electron chi connectivity index (χ0n) is 13.3. The summed E-state index contributed by atoms with van der Waals surface area (Å²) in [5.41, 5.74) is 3.71. The number of halogens is 4. The van der Waals surface area contributed by atoms with Crippen LogP contribution in [0.2, 0.25) is 0 Å². The Balaban J connectivity index is 0.000000368. The summed E-state index contributed by atoms with van der Waals surface area (Å²) in [6.45, 7) is 0. The maximum absolute atomic E-state index is 9.75. The predicted molar refractivity (Wildman–Crippen MR) is 89.7 cm³/mol. The molecular weight excluding hydrogens is 319 g/mol. The Labute approximate surface area is 137 Å². The van der Waals surface area contributed by atoms with Crippen LogP contribution in [-0.2, 0) is 14.1 Å². The zero-order chi connectivity index (χ0) is 17.7. The van der Waals surface area contributed by atoms with Crippen LogP contribution in [0.5, 0.6) is 0 Å². The Bertz CT molecular complexity index is 794. The largest absolute Gasteiger partial charge is 0.673 e. The molecule has 0 radical (unpaired) electrons. The van der Waals surface area contributed by atoms with E-state index in [0.29, 0.717) is 0 Å². The Morgan fingerprint density at radius 1 is 0.875 bits per heavy atom. The third kappa shape index (κ3) is 4.71. The number of hydrogen-bond acceptors (Lipinski definition) is 0. The van der Waals surface area contributed by atoms with E-state index < -0.39 is 7.25 Å². The fraction of sp³-hybridized carbons (Fsp3) is 0.118. The van der Waals surface area contributed by atoms with Crippen LogP contribution in [0.4, 0.5) is 17.3 Å². The smallest absolute Gasteiger partial charge is 0.418 e. The molecule has 0 spiro atoms. The van der Waals surface area contributed by atoms with Crippen LogP contribution in [0.25, 0.3) is 23.2 Å². The van der Waals surface area contributed by atoms with Gasteiger partial charge >= 0.3 is 7.25 Å². The summed E-state index contributed by atoms with van der Waals surface area (Å²) in [5.74, 6) is 1.19. The van der Waals surface area contributed by atoms with Crippen LogP contribution < -0.4 is 4.57 Å². The Hall–Kier alpha value is -2.57. The predicted octanol–water partition coefficient (Wildman–Crippen LogP) is 4.47. The molecule has 0 amide bonds. The number of fused-ring (bicyclic) bond motifs is 1.